The molecule has 0 aliphatic carbocycles. The first-order valence-corrected chi connectivity index (χ1v) is 7.87. The molecule has 0 aromatic heterocycles. The third kappa shape index (κ3) is 3.95. The number of rotatable bonds is 5. The van der Waals surface area contributed by atoms with Crippen molar-refractivity contribution in [2.24, 2.45) is 0 Å². The molecular formula is C14H18BrClN2O2. The molecule has 1 amide bonds. The van der Waals surface area contributed by atoms with Crippen molar-refractivity contribution >= 4 is 33.4 Å². The summed E-state index contributed by atoms with van der Waals surface area (Å²) < 4.78 is 0.702. The quantitative estimate of drug-likeness (QED) is 0.846. The second-order valence-corrected chi connectivity index (χ2v) is 6.16. The number of nitrogens with one attached hydrogen (secondary N) is 1. The van der Waals surface area contributed by atoms with Crippen molar-refractivity contribution in [1.29, 1.82) is 0 Å². The summed E-state index contributed by atoms with van der Waals surface area (Å²) in [7, 11) is 0. The van der Waals surface area contributed by atoms with Gasteiger partial charge in [-0.05, 0) is 53.5 Å². The molecule has 1 aliphatic rings. The molecule has 6 heteroatoms. The Morgan fingerprint density at radius 1 is 1.55 bits per heavy atom. The van der Waals surface area contributed by atoms with E-state index in [0.717, 1.165) is 19.4 Å². The van der Waals surface area contributed by atoms with Crippen LogP contribution in [0.5, 0.6) is 0 Å². The normalized spacial score (nSPS) is 18.2. The monoisotopic (exact) mass is 360 g/mol. The average molecular weight is 362 g/mol. The molecule has 20 heavy (non-hydrogen) atoms. The molecular weight excluding hydrogens is 344 g/mol. The van der Waals surface area contributed by atoms with Crippen LogP contribution in [-0.4, -0.2) is 48.2 Å². The van der Waals surface area contributed by atoms with Crippen LogP contribution in [0.15, 0.2) is 22.7 Å². The number of hydrogen-bond donors (Lipinski definition) is 2. The first-order valence-electron chi connectivity index (χ1n) is 6.70. The van der Waals surface area contributed by atoms with Gasteiger partial charge >= 0.3 is 0 Å². The topological polar surface area (TPSA) is 52.6 Å². The van der Waals surface area contributed by atoms with Crippen LogP contribution in [0, 0.1) is 0 Å². The van der Waals surface area contributed by atoms with Gasteiger partial charge in [0.15, 0.2) is 0 Å². The zero-order valence-corrected chi connectivity index (χ0v) is 13.5. The summed E-state index contributed by atoms with van der Waals surface area (Å²) in [6.07, 6.45) is 2.21. The molecule has 0 spiro atoms. The van der Waals surface area contributed by atoms with Crippen LogP contribution in [0.3, 0.4) is 0 Å². The molecule has 0 radical (unpaired) electrons. The number of halogens is 2. The second-order valence-electron chi connectivity index (χ2n) is 4.90. The molecule has 1 heterocycles. The predicted octanol–water partition coefficient (Wildman–Crippen LogP) is 2.29. The number of benzene rings is 1. The number of hydrogen-bond acceptors (Lipinski definition) is 3. The van der Waals surface area contributed by atoms with E-state index in [9.17, 15) is 4.79 Å². The van der Waals surface area contributed by atoms with Crippen LogP contribution in [-0.2, 0) is 0 Å². The molecule has 1 unspecified atom stereocenters. The van der Waals surface area contributed by atoms with Crippen LogP contribution < -0.4 is 5.32 Å². The fourth-order valence-electron chi connectivity index (χ4n) is 2.39. The molecule has 1 fully saturated rings. The summed E-state index contributed by atoms with van der Waals surface area (Å²) in [6.45, 7) is 1.93. The summed E-state index contributed by atoms with van der Waals surface area (Å²) in [6, 6.07) is 5.45. The molecule has 2 rings (SSSR count). The van der Waals surface area contributed by atoms with Crippen LogP contribution in [0.25, 0.3) is 0 Å². The van der Waals surface area contributed by atoms with Gasteiger partial charge in [0.2, 0.25) is 0 Å². The minimum Gasteiger partial charge on any atom is -0.395 e. The molecule has 1 saturated heterocycles. The number of aliphatic hydroxyl groups is 1. The third-order valence-electron chi connectivity index (χ3n) is 3.43. The lowest BCUT2D eigenvalue weighted by atomic mass is 10.1. The van der Waals surface area contributed by atoms with Gasteiger partial charge in [-0.25, -0.2) is 0 Å². The van der Waals surface area contributed by atoms with E-state index in [0.29, 0.717) is 34.2 Å². The van der Waals surface area contributed by atoms with Gasteiger partial charge in [-0.15, -0.1) is 0 Å². The van der Waals surface area contributed by atoms with Gasteiger partial charge < -0.3 is 15.3 Å². The van der Waals surface area contributed by atoms with Crippen molar-refractivity contribution in [3.8, 4) is 0 Å². The van der Waals surface area contributed by atoms with Crippen molar-refractivity contribution in [3.05, 3.63) is 33.3 Å². The lowest BCUT2D eigenvalue weighted by Gasteiger charge is -2.25. The van der Waals surface area contributed by atoms with Gasteiger partial charge in [-0.3, -0.25) is 4.79 Å². The number of amides is 1. The van der Waals surface area contributed by atoms with Gasteiger partial charge in [0.05, 0.1) is 11.6 Å². The minimum atomic E-state index is -0.0786. The molecule has 1 aliphatic heterocycles. The molecule has 4 nitrogen and oxygen atoms in total. The predicted molar refractivity (Wildman–Crippen MR) is 83.2 cm³/mol. The Kier molecular flexibility index (Phi) is 5.84. The highest BCUT2D eigenvalue weighted by molar-refractivity contribution is 9.10. The van der Waals surface area contributed by atoms with Crippen LogP contribution in [0.4, 0.5) is 0 Å². The summed E-state index contributed by atoms with van der Waals surface area (Å²) in [5, 5.41) is 13.1. The summed E-state index contributed by atoms with van der Waals surface area (Å²) >= 11 is 9.27. The number of carbonyl (C=O) groups excluding carboxylic acids is 1. The molecule has 0 saturated carbocycles. The molecule has 1 atom stereocenters. The van der Waals surface area contributed by atoms with Crippen LogP contribution >= 0.6 is 27.5 Å². The summed E-state index contributed by atoms with van der Waals surface area (Å²) in [5.41, 5.74) is 0.577. The van der Waals surface area contributed by atoms with E-state index in [4.69, 9.17) is 16.7 Å². The van der Waals surface area contributed by atoms with E-state index in [1.54, 1.807) is 23.1 Å². The van der Waals surface area contributed by atoms with E-state index in [1.165, 1.54) is 0 Å². The van der Waals surface area contributed by atoms with Crippen molar-refractivity contribution in [2.75, 3.05) is 26.2 Å². The first-order chi connectivity index (χ1) is 9.61. The molecule has 1 aromatic rings. The maximum atomic E-state index is 12.5. The number of aliphatic hydroxyl groups excluding tert-OH is 1. The zero-order valence-electron chi connectivity index (χ0n) is 11.1. The zero-order chi connectivity index (χ0) is 14.5. The smallest absolute Gasteiger partial charge is 0.254 e. The Hall–Kier alpha value is -0.620. The van der Waals surface area contributed by atoms with Crippen LogP contribution in [0.2, 0.25) is 5.02 Å². The van der Waals surface area contributed by atoms with Crippen molar-refractivity contribution < 1.29 is 9.90 Å². The molecule has 0 bridgehead atoms. The van der Waals surface area contributed by atoms with E-state index >= 15 is 0 Å². The molecule has 110 valence electrons. The maximum Gasteiger partial charge on any atom is 0.254 e. The highest BCUT2D eigenvalue weighted by Gasteiger charge is 2.22. The van der Waals surface area contributed by atoms with Gasteiger partial charge in [0.1, 0.15) is 0 Å². The fourth-order valence-corrected chi connectivity index (χ4v) is 2.88. The van der Waals surface area contributed by atoms with Crippen LogP contribution in [0.1, 0.15) is 23.2 Å². The molecule has 1 aromatic carbocycles. The van der Waals surface area contributed by atoms with E-state index in [1.807, 2.05) is 0 Å². The Bertz CT molecular complexity index is 478. The first kappa shape index (κ1) is 15.8. The lowest BCUT2D eigenvalue weighted by molar-refractivity contribution is 0.0706. The van der Waals surface area contributed by atoms with Gasteiger partial charge in [0.25, 0.3) is 5.91 Å². The number of carbonyl (C=O) groups is 1. The summed E-state index contributed by atoms with van der Waals surface area (Å²) in [4.78, 5) is 14.2. The van der Waals surface area contributed by atoms with E-state index < -0.39 is 0 Å². The van der Waals surface area contributed by atoms with Crippen molar-refractivity contribution in [2.45, 2.75) is 18.9 Å². The average Bonchev–Trinajstić information content (AvgIpc) is 2.93. The van der Waals surface area contributed by atoms with Gasteiger partial charge in [-0.1, -0.05) is 11.6 Å². The minimum absolute atomic E-state index is 0.0345. The lowest BCUT2D eigenvalue weighted by Crippen LogP contribution is -2.42. The Morgan fingerprint density at radius 3 is 2.95 bits per heavy atom. The highest BCUT2D eigenvalue weighted by Crippen LogP contribution is 2.24. The Balaban J connectivity index is 2.10. The van der Waals surface area contributed by atoms with E-state index in [2.05, 4.69) is 21.2 Å². The highest BCUT2D eigenvalue weighted by atomic mass is 79.9. The molecule has 2 N–H and O–H groups in total. The van der Waals surface area contributed by atoms with Gasteiger partial charge in [0, 0.05) is 29.2 Å². The van der Waals surface area contributed by atoms with Gasteiger partial charge in [-0.2, -0.15) is 0 Å². The Morgan fingerprint density at radius 2 is 2.35 bits per heavy atom. The third-order valence-corrected chi connectivity index (χ3v) is 4.64. The van der Waals surface area contributed by atoms with E-state index in [-0.39, 0.29) is 12.5 Å². The second kappa shape index (κ2) is 7.41. The number of nitrogens with zero attached hydrogens (tertiary/aromatic N) is 1. The SMILES string of the molecule is O=C(c1ccc(Cl)c(Br)c1)N(CCO)CC1CCCN1. The fraction of sp³-hybridized carbons (Fsp3) is 0.500. The standard InChI is InChI=1S/C14H18BrClN2O2/c15-12-8-10(3-4-13(12)16)14(20)18(6-7-19)9-11-2-1-5-17-11/h3-4,8,11,17,19H,1-2,5-7,9H2. The largest absolute Gasteiger partial charge is 0.395 e. The van der Waals surface area contributed by atoms with Crippen molar-refractivity contribution in [3.63, 3.8) is 0 Å². The summed E-state index contributed by atoms with van der Waals surface area (Å²) in [5.74, 6) is -0.0786. The maximum absolute atomic E-state index is 12.5. The van der Waals surface area contributed by atoms with Crippen molar-refractivity contribution in [1.82, 2.24) is 10.2 Å². The Labute approximate surface area is 132 Å².